The van der Waals surface area contributed by atoms with Gasteiger partial charge in [-0.1, -0.05) is 60.7 Å². The highest BCUT2D eigenvalue weighted by molar-refractivity contribution is 5.95. The molecule has 4 aromatic rings. The first-order valence-electron chi connectivity index (χ1n) is 8.89. The highest BCUT2D eigenvalue weighted by Crippen LogP contribution is 2.16. The lowest BCUT2D eigenvalue weighted by Crippen LogP contribution is -2.30. The van der Waals surface area contributed by atoms with Gasteiger partial charge in [0.15, 0.2) is 5.65 Å². The topological polar surface area (TPSA) is 50.5 Å². The van der Waals surface area contributed by atoms with Gasteiger partial charge in [-0.15, -0.1) is 10.2 Å². The van der Waals surface area contributed by atoms with E-state index in [1.54, 1.807) is 6.07 Å². The van der Waals surface area contributed by atoms with Crippen LogP contribution >= 0.6 is 0 Å². The largest absolute Gasteiger partial charge is 0.330 e. The average molecular weight is 356 g/mol. The number of benzene rings is 2. The van der Waals surface area contributed by atoms with E-state index in [0.29, 0.717) is 24.3 Å². The molecule has 0 radical (unpaired) electrons. The molecule has 27 heavy (non-hydrogen) atoms. The van der Waals surface area contributed by atoms with Gasteiger partial charge in [-0.05, 0) is 30.2 Å². The SMILES string of the molecule is Cc1nnc2cc(C(=O)N(Cc3ccccc3)Cc3ccccc3)ccn12. The van der Waals surface area contributed by atoms with Crippen LogP contribution in [0.1, 0.15) is 27.3 Å². The number of rotatable bonds is 5. The zero-order valence-electron chi connectivity index (χ0n) is 15.1. The van der Waals surface area contributed by atoms with Crippen molar-refractivity contribution in [3.8, 4) is 0 Å². The summed E-state index contributed by atoms with van der Waals surface area (Å²) in [4.78, 5) is 15.1. The second-order valence-electron chi connectivity index (χ2n) is 6.52. The molecule has 0 spiro atoms. The molecular weight excluding hydrogens is 336 g/mol. The molecule has 0 aliphatic carbocycles. The third kappa shape index (κ3) is 3.72. The molecule has 0 aliphatic rings. The highest BCUT2D eigenvalue weighted by Gasteiger charge is 2.18. The quantitative estimate of drug-likeness (QED) is 0.545. The maximum Gasteiger partial charge on any atom is 0.254 e. The fraction of sp³-hybridized carbons (Fsp3) is 0.136. The Hall–Kier alpha value is -3.47. The second-order valence-corrected chi connectivity index (χ2v) is 6.52. The van der Waals surface area contributed by atoms with Crippen LogP contribution in [-0.2, 0) is 13.1 Å². The number of fused-ring (bicyclic) bond motifs is 1. The molecule has 0 saturated carbocycles. The summed E-state index contributed by atoms with van der Waals surface area (Å²) >= 11 is 0. The zero-order valence-corrected chi connectivity index (χ0v) is 15.1. The molecular formula is C22H20N4O. The monoisotopic (exact) mass is 356 g/mol. The molecule has 0 N–H and O–H groups in total. The van der Waals surface area contributed by atoms with E-state index in [4.69, 9.17) is 0 Å². The summed E-state index contributed by atoms with van der Waals surface area (Å²) in [7, 11) is 0. The average Bonchev–Trinajstić information content (AvgIpc) is 3.09. The van der Waals surface area contributed by atoms with Gasteiger partial charge in [0, 0.05) is 24.8 Å². The summed E-state index contributed by atoms with van der Waals surface area (Å²) in [6.07, 6.45) is 1.85. The van der Waals surface area contributed by atoms with Gasteiger partial charge < -0.3 is 4.90 Å². The summed E-state index contributed by atoms with van der Waals surface area (Å²) in [6.45, 7) is 2.98. The maximum atomic E-state index is 13.3. The third-order valence-electron chi connectivity index (χ3n) is 4.55. The van der Waals surface area contributed by atoms with E-state index >= 15 is 0 Å². The number of hydrogen-bond acceptors (Lipinski definition) is 3. The lowest BCUT2D eigenvalue weighted by Gasteiger charge is -2.23. The van der Waals surface area contributed by atoms with E-state index in [-0.39, 0.29) is 5.91 Å². The van der Waals surface area contributed by atoms with Crippen LogP contribution < -0.4 is 0 Å². The molecule has 4 rings (SSSR count). The zero-order chi connectivity index (χ0) is 18.6. The summed E-state index contributed by atoms with van der Waals surface area (Å²) in [5.74, 6) is 0.778. The molecule has 2 aromatic heterocycles. The standard InChI is InChI=1S/C22H20N4O/c1-17-23-24-21-14-20(12-13-26(17)21)22(27)25(15-18-8-4-2-5-9-18)16-19-10-6-3-7-11-19/h2-14H,15-16H2,1H3. The van der Waals surface area contributed by atoms with Crippen LogP contribution in [0.15, 0.2) is 79.0 Å². The van der Waals surface area contributed by atoms with Crippen molar-refractivity contribution in [3.05, 3.63) is 102 Å². The number of carbonyl (C=O) groups excluding carboxylic acids is 1. The van der Waals surface area contributed by atoms with E-state index in [1.807, 2.05) is 89.2 Å². The van der Waals surface area contributed by atoms with Gasteiger partial charge in [-0.25, -0.2) is 0 Å². The van der Waals surface area contributed by atoms with E-state index in [0.717, 1.165) is 17.0 Å². The van der Waals surface area contributed by atoms with Crippen molar-refractivity contribution in [1.82, 2.24) is 19.5 Å². The Morgan fingerprint density at radius 3 is 2.07 bits per heavy atom. The predicted molar refractivity (Wildman–Crippen MR) is 104 cm³/mol. The molecule has 2 heterocycles. The lowest BCUT2D eigenvalue weighted by molar-refractivity contribution is 0.0730. The molecule has 2 aromatic carbocycles. The maximum absolute atomic E-state index is 13.3. The Balaban J connectivity index is 1.65. The number of amides is 1. The van der Waals surface area contributed by atoms with Crippen LogP contribution in [0.2, 0.25) is 0 Å². The van der Waals surface area contributed by atoms with Gasteiger partial charge in [-0.2, -0.15) is 0 Å². The van der Waals surface area contributed by atoms with Crippen LogP contribution in [0.5, 0.6) is 0 Å². The molecule has 0 bridgehead atoms. The predicted octanol–water partition coefficient (Wildman–Crippen LogP) is 3.88. The third-order valence-corrected chi connectivity index (χ3v) is 4.55. The van der Waals surface area contributed by atoms with E-state index in [1.165, 1.54) is 0 Å². The van der Waals surface area contributed by atoms with Gasteiger partial charge in [0.05, 0.1) is 0 Å². The van der Waals surface area contributed by atoms with E-state index in [9.17, 15) is 4.79 Å². The van der Waals surface area contributed by atoms with Crippen LogP contribution in [0, 0.1) is 6.92 Å². The molecule has 0 unspecified atom stereocenters. The molecule has 0 fully saturated rings. The van der Waals surface area contributed by atoms with E-state index < -0.39 is 0 Å². The Bertz CT molecular complexity index is 1020. The molecule has 1 amide bonds. The van der Waals surface area contributed by atoms with Crippen LogP contribution in [0.3, 0.4) is 0 Å². The number of carbonyl (C=O) groups is 1. The first kappa shape index (κ1) is 17.0. The summed E-state index contributed by atoms with van der Waals surface area (Å²) < 4.78 is 1.87. The first-order valence-corrected chi connectivity index (χ1v) is 8.89. The molecule has 0 atom stereocenters. The van der Waals surface area contributed by atoms with Gasteiger partial charge >= 0.3 is 0 Å². The normalized spacial score (nSPS) is 10.9. The van der Waals surface area contributed by atoms with Gasteiger partial charge in [0.25, 0.3) is 5.91 Å². The van der Waals surface area contributed by atoms with Crippen molar-refractivity contribution >= 4 is 11.6 Å². The van der Waals surface area contributed by atoms with Crippen LogP contribution in [0.25, 0.3) is 5.65 Å². The van der Waals surface area contributed by atoms with Gasteiger partial charge in [0.2, 0.25) is 0 Å². The van der Waals surface area contributed by atoms with Gasteiger partial charge in [-0.3, -0.25) is 9.20 Å². The van der Waals surface area contributed by atoms with E-state index in [2.05, 4.69) is 10.2 Å². The molecule has 134 valence electrons. The smallest absolute Gasteiger partial charge is 0.254 e. The minimum absolute atomic E-state index is 0.0224. The van der Waals surface area contributed by atoms with Gasteiger partial charge in [0.1, 0.15) is 5.82 Å². The van der Waals surface area contributed by atoms with Crippen LogP contribution in [-0.4, -0.2) is 25.4 Å². The Kier molecular flexibility index (Phi) is 4.66. The Labute approximate surface area is 157 Å². The second kappa shape index (κ2) is 7.41. The summed E-state index contributed by atoms with van der Waals surface area (Å²) in [5, 5.41) is 8.20. The van der Waals surface area contributed by atoms with Crippen molar-refractivity contribution in [2.24, 2.45) is 0 Å². The minimum Gasteiger partial charge on any atom is -0.330 e. The summed E-state index contributed by atoms with van der Waals surface area (Å²) in [6, 6.07) is 23.7. The lowest BCUT2D eigenvalue weighted by atomic mass is 10.1. The molecule has 0 aliphatic heterocycles. The molecule has 0 saturated heterocycles. The number of aryl methyl sites for hydroxylation is 1. The minimum atomic E-state index is -0.0224. The van der Waals surface area contributed by atoms with Crippen molar-refractivity contribution in [1.29, 1.82) is 0 Å². The van der Waals surface area contributed by atoms with Crippen molar-refractivity contribution in [3.63, 3.8) is 0 Å². The molecule has 5 nitrogen and oxygen atoms in total. The highest BCUT2D eigenvalue weighted by atomic mass is 16.2. The first-order chi connectivity index (χ1) is 13.2. The number of hydrogen-bond donors (Lipinski definition) is 0. The number of aromatic nitrogens is 3. The van der Waals surface area contributed by atoms with Crippen molar-refractivity contribution < 1.29 is 4.79 Å². The van der Waals surface area contributed by atoms with Crippen molar-refractivity contribution in [2.75, 3.05) is 0 Å². The Morgan fingerprint density at radius 1 is 0.889 bits per heavy atom. The fourth-order valence-corrected chi connectivity index (χ4v) is 3.13. The fourth-order valence-electron chi connectivity index (χ4n) is 3.13. The van der Waals surface area contributed by atoms with Crippen molar-refractivity contribution in [2.45, 2.75) is 20.0 Å². The Morgan fingerprint density at radius 2 is 1.48 bits per heavy atom. The number of nitrogens with zero attached hydrogens (tertiary/aromatic N) is 4. The summed E-state index contributed by atoms with van der Waals surface area (Å²) in [5.41, 5.74) is 3.49. The number of pyridine rings is 1. The van der Waals surface area contributed by atoms with Crippen LogP contribution in [0.4, 0.5) is 0 Å². The molecule has 5 heteroatoms.